The summed E-state index contributed by atoms with van der Waals surface area (Å²) < 4.78 is 19.8. The van der Waals surface area contributed by atoms with Crippen LogP contribution in [0, 0.1) is 0 Å². The Morgan fingerprint density at radius 2 is 1.00 bits per heavy atom. The van der Waals surface area contributed by atoms with Gasteiger partial charge in [0.15, 0.2) is 0 Å². The second-order valence-electron chi connectivity index (χ2n) is 9.78. The zero-order valence-electron chi connectivity index (χ0n) is 24.6. The van der Waals surface area contributed by atoms with Crippen molar-refractivity contribution < 1.29 is 53.8 Å². The second-order valence-corrected chi connectivity index (χ2v) is 9.78. The van der Waals surface area contributed by atoms with Crippen LogP contribution < -0.4 is 0 Å². The van der Waals surface area contributed by atoms with Crippen LogP contribution in [0.1, 0.15) is 11.1 Å². The number of carbonyl (C=O) groups excluding carboxylic acids is 3. The van der Waals surface area contributed by atoms with E-state index in [0.29, 0.717) is 6.54 Å². The number of hydrogen-bond acceptors (Lipinski definition) is 13. The summed E-state index contributed by atoms with van der Waals surface area (Å²) in [5.74, 6) is -2.02. The highest BCUT2D eigenvalue weighted by Crippen LogP contribution is 2.13. The SMILES string of the molecule is C=CC(=O)OCC(O)CN(Cc1cccc(CN(CC(O)COC(=O)C=C)CC(O)COC(=O)C=C)c1)CC(O)COC. The minimum absolute atomic E-state index is 0.0199. The van der Waals surface area contributed by atoms with Crippen LogP contribution in [0.2, 0.25) is 0 Å². The van der Waals surface area contributed by atoms with Gasteiger partial charge in [-0.25, -0.2) is 14.4 Å². The molecule has 13 heteroatoms. The predicted octanol–water partition coefficient (Wildman–Crippen LogP) is -0.432. The van der Waals surface area contributed by atoms with Gasteiger partial charge in [-0.1, -0.05) is 44.0 Å². The summed E-state index contributed by atoms with van der Waals surface area (Å²) in [6, 6.07) is 7.42. The molecule has 0 fully saturated rings. The fourth-order valence-corrected chi connectivity index (χ4v) is 4.06. The molecule has 0 amide bonds. The van der Waals surface area contributed by atoms with E-state index in [1.807, 2.05) is 24.3 Å². The van der Waals surface area contributed by atoms with Crippen molar-refractivity contribution in [2.24, 2.45) is 0 Å². The van der Waals surface area contributed by atoms with E-state index in [1.165, 1.54) is 7.11 Å². The summed E-state index contributed by atoms with van der Waals surface area (Å²) in [7, 11) is 1.47. The number of hydrogen-bond donors (Lipinski definition) is 4. The van der Waals surface area contributed by atoms with Crippen molar-refractivity contribution in [2.45, 2.75) is 37.5 Å². The van der Waals surface area contributed by atoms with Crippen LogP contribution in [0.4, 0.5) is 0 Å². The number of benzene rings is 1. The van der Waals surface area contributed by atoms with E-state index in [4.69, 9.17) is 18.9 Å². The van der Waals surface area contributed by atoms with Crippen LogP contribution in [0.15, 0.2) is 62.2 Å². The summed E-state index contributed by atoms with van der Waals surface area (Å²) in [5, 5.41) is 41.7. The zero-order chi connectivity index (χ0) is 32.2. The van der Waals surface area contributed by atoms with Gasteiger partial charge >= 0.3 is 17.9 Å². The average molecular weight is 609 g/mol. The summed E-state index contributed by atoms with van der Waals surface area (Å²) >= 11 is 0. The van der Waals surface area contributed by atoms with Gasteiger partial charge in [-0.15, -0.1) is 0 Å². The molecular weight excluding hydrogens is 564 g/mol. The molecule has 240 valence electrons. The number of rotatable bonds is 23. The fourth-order valence-electron chi connectivity index (χ4n) is 4.06. The molecule has 0 spiro atoms. The van der Waals surface area contributed by atoms with Crippen molar-refractivity contribution in [1.82, 2.24) is 9.80 Å². The first-order chi connectivity index (χ1) is 20.5. The van der Waals surface area contributed by atoms with E-state index in [9.17, 15) is 34.8 Å². The predicted molar refractivity (Wildman–Crippen MR) is 156 cm³/mol. The van der Waals surface area contributed by atoms with Crippen molar-refractivity contribution in [2.75, 3.05) is 59.7 Å². The maximum absolute atomic E-state index is 11.4. The third kappa shape index (κ3) is 17.3. The Morgan fingerprint density at radius 1 is 0.674 bits per heavy atom. The van der Waals surface area contributed by atoms with Gasteiger partial charge in [0, 0.05) is 64.6 Å². The Balaban J connectivity index is 3.03. The molecule has 1 rings (SSSR count). The smallest absolute Gasteiger partial charge is 0.330 e. The molecule has 0 saturated carbocycles. The molecule has 1 aromatic rings. The monoisotopic (exact) mass is 608 g/mol. The lowest BCUT2D eigenvalue weighted by Gasteiger charge is -2.28. The van der Waals surface area contributed by atoms with Crippen molar-refractivity contribution >= 4 is 17.9 Å². The van der Waals surface area contributed by atoms with E-state index in [0.717, 1.165) is 29.4 Å². The van der Waals surface area contributed by atoms with Gasteiger partial charge in [-0.2, -0.15) is 0 Å². The summed E-state index contributed by atoms with van der Waals surface area (Å²) in [6.45, 7) is 10.1. The molecule has 0 radical (unpaired) electrons. The molecule has 0 bridgehead atoms. The van der Waals surface area contributed by atoms with Gasteiger partial charge in [0.25, 0.3) is 0 Å². The molecule has 0 aliphatic heterocycles. The minimum Gasteiger partial charge on any atom is -0.460 e. The third-order valence-corrected chi connectivity index (χ3v) is 5.79. The molecule has 0 aliphatic carbocycles. The number of methoxy groups -OCH3 is 1. The summed E-state index contributed by atoms with van der Waals surface area (Å²) in [6.07, 6.45) is -1.04. The van der Waals surface area contributed by atoms with Crippen LogP contribution >= 0.6 is 0 Å². The quantitative estimate of drug-likeness (QED) is 0.0716. The van der Waals surface area contributed by atoms with Crippen LogP contribution in [-0.4, -0.2) is 132 Å². The summed E-state index contributed by atoms with van der Waals surface area (Å²) in [4.78, 5) is 37.7. The number of carbonyl (C=O) groups is 3. The van der Waals surface area contributed by atoms with Gasteiger partial charge in [0.2, 0.25) is 0 Å². The maximum atomic E-state index is 11.4. The maximum Gasteiger partial charge on any atom is 0.330 e. The molecule has 4 N–H and O–H groups in total. The van der Waals surface area contributed by atoms with Crippen molar-refractivity contribution in [3.05, 3.63) is 73.4 Å². The van der Waals surface area contributed by atoms with Crippen LogP contribution in [0.3, 0.4) is 0 Å². The number of aliphatic hydroxyl groups is 4. The van der Waals surface area contributed by atoms with E-state index in [-0.39, 0.29) is 59.2 Å². The number of nitrogens with zero attached hydrogens (tertiary/aromatic N) is 2. The van der Waals surface area contributed by atoms with Crippen LogP contribution in [-0.2, 0) is 46.4 Å². The molecule has 43 heavy (non-hydrogen) atoms. The van der Waals surface area contributed by atoms with Crippen molar-refractivity contribution in [3.63, 3.8) is 0 Å². The molecule has 4 atom stereocenters. The topological polar surface area (TPSA) is 176 Å². The van der Waals surface area contributed by atoms with Gasteiger partial charge in [0.1, 0.15) is 38.1 Å². The molecule has 0 aromatic heterocycles. The standard InChI is InChI=1S/C30H44N2O11/c1-5-28(37)41-19-25(34)15-31(14-24(33)18-40-4)12-22-9-8-10-23(11-22)13-32(16-26(35)20-42-29(38)6-2)17-27(36)21-43-30(39)7-3/h5-11,24-27,33-36H,1-3,12-21H2,4H3. The van der Waals surface area contributed by atoms with E-state index >= 15 is 0 Å². The lowest BCUT2D eigenvalue weighted by Crippen LogP contribution is -2.41. The number of esters is 3. The lowest BCUT2D eigenvalue weighted by atomic mass is 10.1. The van der Waals surface area contributed by atoms with Crippen LogP contribution in [0.25, 0.3) is 0 Å². The highest BCUT2D eigenvalue weighted by molar-refractivity contribution is 5.81. The van der Waals surface area contributed by atoms with Gasteiger partial charge in [-0.3, -0.25) is 9.80 Å². The second kappa shape index (κ2) is 21.3. The molecule has 13 nitrogen and oxygen atoms in total. The number of ether oxygens (including phenoxy) is 4. The molecule has 1 aromatic carbocycles. The average Bonchev–Trinajstić information content (AvgIpc) is 2.97. The van der Waals surface area contributed by atoms with E-state index in [2.05, 4.69) is 19.7 Å². The Labute approximate surface area is 252 Å². The van der Waals surface area contributed by atoms with Crippen molar-refractivity contribution in [3.8, 4) is 0 Å². The molecular formula is C30H44N2O11. The Hall–Kier alpha value is -3.43. The van der Waals surface area contributed by atoms with Gasteiger partial charge in [0.05, 0.1) is 12.7 Å². The molecule has 0 heterocycles. The van der Waals surface area contributed by atoms with Gasteiger partial charge in [-0.05, 0) is 11.1 Å². The van der Waals surface area contributed by atoms with E-state index < -0.39 is 42.3 Å². The Morgan fingerprint density at radius 3 is 1.30 bits per heavy atom. The number of aliphatic hydroxyl groups excluding tert-OH is 4. The van der Waals surface area contributed by atoms with Crippen LogP contribution in [0.5, 0.6) is 0 Å². The molecule has 0 saturated heterocycles. The van der Waals surface area contributed by atoms with Gasteiger partial charge < -0.3 is 39.4 Å². The fraction of sp³-hybridized carbons (Fsp3) is 0.500. The first-order valence-electron chi connectivity index (χ1n) is 13.6. The normalized spacial score (nSPS) is 13.9. The highest BCUT2D eigenvalue weighted by atomic mass is 16.5. The third-order valence-electron chi connectivity index (χ3n) is 5.79. The molecule has 0 aliphatic rings. The Bertz CT molecular complexity index is 1000. The minimum atomic E-state index is -1.08. The largest absolute Gasteiger partial charge is 0.460 e. The summed E-state index contributed by atoms with van der Waals surface area (Å²) in [5.41, 5.74) is 1.64. The van der Waals surface area contributed by atoms with E-state index in [1.54, 1.807) is 9.80 Å². The zero-order valence-corrected chi connectivity index (χ0v) is 24.6. The Kier molecular flexibility index (Phi) is 18.6. The molecule has 4 unspecified atom stereocenters. The highest BCUT2D eigenvalue weighted by Gasteiger charge is 2.20. The first-order valence-corrected chi connectivity index (χ1v) is 13.6. The van der Waals surface area contributed by atoms with Crippen molar-refractivity contribution in [1.29, 1.82) is 0 Å². The lowest BCUT2D eigenvalue weighted by molar-refractivity contribution is -0.142. The first kappa shape index (κ1) is 37.6.